The van der Waals surface area contributed by atoms with E-state index in [1.807, 2.05) is 0 Å². The van der Waals surface area contributed by atoms with Crippen LogP contribution in [-0.4, -0.2) is 0 Å². The quantitative estimate of drug-likeness (QED) is 0.628. The SMILES string of the molecule is C[C](C)(C)[Zr][C]1=CC=CC1. The first-order valence-electron chi connectivity index (χ1n) is 3.72. The van der Waals surface area contributed by atoms with Gasteiger partial charge in [0.1, 0.15) is 0 Å². The van der Waals surface area contributed by atoms with Gasteiger partial charge >= 0.3 is 75.1 Å². The fourth-order valence-corrected chi connectivity index (χ4v) is 4.37. The summed E-state index contributed by atoms with van der Waals surface area (Å²) in [5, 5.41) is 0. The molecule has 54 valence electrons. The number of allylic oxidation sites excluding steroid dienone is 4. The van der Waals surface area contributed by atoms with E-state index in [1.54, 1.807) is 3.28 Å². The Hall–Kier alpha value is 0.363. The molecule has 0 amide bonds. The molecule has 0 N–H and O–H groups in total. The molecule has 1 rings (SSSR count). The molecule has 0 fully saturated rings. The second-order valence-electron chi connectivity index (χ2n) is 3.70. The van der Waals surface area contributed by atoms with Crippen LogP contribution in [0, 0.1) is 0 Å². The third-order valence-corrected chi connectivity index (χ3v) is 4.85. The van der Waals surface area contributed by atoms with Crippen molar-refractivity contribution in [3.63, 3.8) is 0 Å². The predicted octanol–water partition coefficient (Wildman–Crippen LogP) is 3.13. The van der Waals surface area contributed by atoms with Gasteiger partial charge in [0.05, 0.1) is 0 Å². The molecule has 0 heterocycles. The summed E-state index contributed by atoms with van der Waals surface area (Å²) in [5.41, 5.74) is 0. The van der Waals surface area contributed by atoms with Crippen LogP contribution in [0.3, 0.4) is 0 Å². The van der Waals surface area contributed by atoms with Gasteiger partial charge in [-0.2, -0.15) is 0 Å². The van der Waals surface area contributed by atoms with Gasteiger partial charge in [-0.1, -0.05) is 0 Å². The minimum atomic E-state index is -0.247. The van der Waals surface area contributed by atoms with Crippen LogP contribution >= 0.6 is 0 Å². The van der Waals surface area contributed by atoms with E-state index in [0.717, 1.165) is 0 Å². The van der Waals surface area contributed by atoms with E-state index < -0.39 is 0 Å². The molecule has 0 spiro atoms. The van der Waals surface area contributed by atoms with Crippen LogP contribution in [0.1, 0.15) is 27.2 Å². The van der Waals surface area contributed by atoms with Gasteiger partial charge in [0.25, 0.3) is 0 Å². The summed E-state index contributed by atoms with van der Waals surface area (Å²) < 4.78 is 2.37. The van der Waals surface area contributed by atoms with Crippen molar-refractivity contribution in [2.45, 2.75) is 30.3 Å². The Labute approximate surface area is 75.0 Å². The Kier molecular flexibility index (Phi) is 2.69. The monoisotopic (exact) mass is 212 g/mol. The average molecular weight is 213 g/mol. The van der Waals surface area contributed by atoms with Crippen LogP contribution in [0.5, 0.6) is 0 Å². The molecule has 1 heteroatoms. The Morgan fingerprint density at radius 1 is 1.40 bits per heavy atom. The minimum absolute atomic E-state index is 0.247. The van der Waals surface area contributed by atoms with E-state index in [9.17, 15) is 0 Å². The third-order valence-electron chi connectivity index (χ3n) is 1.31. The average Bonchev–Trinajstić information content (AvgIpc) is 2.12. The molecule has 0 aromatic carbocycles. The maximum absolute atomic E-state index is 2.36. The zero-order chi connectivity index (χ0) is 7.61. The van der Waals surface area contributed by atoms with Gasteiger partial charge in [0.15, 0.2) is 0 Å². The van der Waals surface area contributed by atoms with Crippen molar-refractivity contribution in [3.8, 4) is 0 Å². The summed E-state index contributed by atoms with van der Waals surface area (Å²) in [4.78, 5) is 0. The van der Waals surface area contributed by atoms with Crippen molar-refractivity contribution in [2.75, 3.05) is 0 Å². The zero-order valence-electron chi connectivity index (χ0n) is 6.94. The summed E-state index contributed by atoms with van der Waals surface area (Å²) in [6.07, 6.45) is 8.03. The summed E-state index contributed by atoms with van der Waals surface area (Å²) in [6.45, 7) is 7.08. The summed E-state index contributed by atoms with van der Waals surface area (Å²) >= 11 is -0.247. The van der Waals surface area contributed by atoms with Crippen molar-refractivity contribution >= 4 is 0 Å². The van der Waals surface area contributed by atoms with Crippen LogP contribution in [0.4, 0.5) is 0 Å². The zero-order valence-corrected chi connectivity index (χ0v) is 9.40. The molecular formula is C9H14Zr. The van der Waals surface area contributed by atoms with Crippen molar-refractivity contribution in [1.29, 1.82) is 0 Å². The molecule has 0 bridgehead atoms. The van der Waals surface area contributed by atoms with Crippen LogP contribution in [0.25, 0.3) is 0 Å². The Balaban J connectivity index is 2.41. The van der Waals surface area contributed by atoms with Crippen molar-refractivity contribution in [1.82, 2.24) is 0 Å². The van der Waals surface area contributed by atoms with E-state index >= 15 is 0 Å². The fraction of sp³-hybridized carbons (Fsp3) is 0.556. The van der Waals surface area contributed by atoms with Crippen molar-refractivity contribution in [2.24, 2.45) is 0 Å². The molecule has 1 aliphatic carbocycles. The van der Waals surface area contributed by atoms with Crippen molar-refractivity contribution in [3.05, 3.63) is 21.5 Å². The number of rotatable bonds is 1. The van der Waals surface area contributed by atoms with Gasteiger partial charge in [-0.25, -0.2) is 0 Å². The summed E-state index contributed by atoms with van der Waals surface area (Å²) in [5.74, 6) is 0. The van der Waals surface area contributed by atoms with Gasteiger partial charge in [-0.15, -0.1) is 0 Å². The molecule has 0 unspecified atom stereocenters. The molecule has 0 aliphatic heterocycles. The molecule has 1 aliphatic rings. The molecule has 0 saturated heterocycles. The second-order valence-corrected chi connectivity index (χ2v) is 9.58. The topological polar surface area (TPSA) is 0 Å². The van der Waals surface area contributed by atoms with Gasteiger partial charge in [0, 0.05) is 0 Å². The molecule has 0 aromatic rings. The van der Waals surface area contributed by atoms with E-state index in [0.29, 0.717) is 3.12 Å². The first kappa shape index (κ1) is 8.46. The maximum atomic E-state index is 2.36. The first-order valence-corrected chi connectivity index (χ1v) is 6.18. The third kappa shape index (κ3) is 2.97. The Morgan fingerprint density at radius 2 is 2.10 bits per heavy atom. The Morgan fingerprint density at radius 3 is 2.50 bits per heavy atom. The normalized spacial score (nSPS) is 17.3. The fourth-order valence-electron chi connectivity index (χ4n) is 1.02. The van der Waals surface area contributed by atoms with Gasteiger partial charge in [-0.05, 0) is 0 Å². The molecule has 0 saturated carbocycles. The second kappa shape index (κ2) is 3.17. The number of hydrogen-bond acceptors (Lipinski definition) is 0. The van der Waals surface area contributed by atoms with E-state index in [1.165, 1.54) is 6.42 Å². The molecule has 0 radical (unpaired) electrons. The van der Waals surface area contributed by atoms with Crippen LogP contribution in [-0.2, 0) is 23.2 Å². The standard InChI is InChI=1S/C5H5.C4H9.Zr/c1-2-4-5-3-1;1-4(2)3;/h1-3H,4H2;1-3H3;. The molecule has 0 nitrogen and oxygen atoms in total. The summed E-state index contributed by atoms with van der Waals surface area (Å²) in [6, 6.07) is 0. The molecular weight excluding hydrogens is 199 g/mol. The number of hydrogen-bond donors (Lipinski definition) is 0. The summed E-state index contributed by atoms with van der Waals surface area (Å²) in [7, 11) is 0. The van der Waals surface area contributed by atoms with Gasteiger partial charge in [0.2, 0.25) is 0 Å². The van der Waals surface area contributed by atoms with Crippen LogP contribution in [0.2, 0.25) is 3.12 Å². The van der Waals surface area contributed by atoms with Gasteiger partial charge in [-0.3, -0.25) is 0 Å². The van der Waals surface area contributed by atoms with Crippen molar-refractivity contribution < 1.29 is 23.2 Å². The van der Waals surface area contributed by atoms with Crippen LogP contribution in [0.15, 0.2) is 21.5 Å². The van der Waals surface area contributed by atoms with E-state index in [-0.39, 0.29) is 23.2 Å². The van der Waals surface area contributed by atoms with Crippen LogP contribution < -0.4 is 0 Å². The van der Waals surface area contributed by atoms with Gasteiger partial charge < -0.3 is 0 Å². The molecule has 0 aromatic heterocycles. The first-order chi connectivity index (χ1) is 4.58. The molecule has 10 heavy (non-hydrogen) atoms. The van der Waals surface area contributed by atoms with E-state index in [2.05, 4.69) is 39.0 Å². The molecule has 0 atom stereocenters. The Bertz CT molecular complexity index is 170. The predicted molar refractivity (Wildman–Crippen MR) is 41.6 cm³/mol. The van der Waals surface area contributed by atoms with E-state index in [4.69, 9.17) is 0 Å².